The van der Waals surface area contributed by atoms with Crippen molar-refractivity contribution in [3.63, 3.8) is 0 Å². The van der Waals surface area contributed by atoms with Gasteiger partial charge in [-0.25, -0.2) is 0 Å². The zero-order chi connectivity index (χ0) is 13.8. The highest BCUT2D eigenvalue weighted by atomic mass is 16.5. The molecule has 1 saturated heterocycles. The van der Waals surface area contributed by atoms with Gasteiger partial charge in [0.1, 0.15) is 12.4 Å². The molecular formula is C16H21N3O. The van der Waals surface area contributed by atoms with Gasteiger partial charge in [0.2, 0.25) is 0 Å². The number of aromatic nitrogens is 1. The number of anilines is 1. The molecule has 4 heteroatoms. The van der Waals surface area contributed by atoms with E-state index in [2.05, 4.69) is 9.88 Å². The van der Waals surface area contributed by atoms with Crippen molar-refractivity contribution in [3.8, 4) is 5.75 Å². The Labute approximate surface area is 119 Å². The SMILES string of the molecule is Nc1ccc(OCCN2CCCCC2)c2ccncc12. The fourth-order valence-electron chi connectivity index (χ4n) is 2.78. The lowest BCUT2D eigenvalue weighted by Crippen LogP contribution is -2.33. The average molecular weight is 271 g/mol. The van der Waals surface area contributed by atoms with Crippen LogP contribution in [0.15, 0.2) is 30.6 Å². The minimum Gasteiger partial charge on any atom is -0.492 e. The van der Waals surface area contributed by atoms with Gasteiger partial charge in [-0.15, -0.1) is 0 Å². The number of hydrogen-bond donors (Lipinski definition) is 1. The Hall–Kier alpha value is -1.81. The highest BCUT2D eigenvalue weighted by molar-refractivity contribution is 5.96. The normalized spacial score (nSPS) is 16.4. The summed E-state index contributed by atoms with van der Waals surface area (Å²) in [5.74, 6) is 0.897. The molecule has 0 radical (unpaired) electrons. The summed E-state index contributed by atoms with van der Waals surface area (Å²) in [4.78, 5) is 6.60. The van der Waals surface area contributed by atoms with Gasteiger partial charge in [-0.05, 0) is 44.1 Å². The van der Waals surface area contributed by atoms with Crippen LogP contribution >= 0.6 is 0 Å². The van der Waals surface area contributed by atoms with Crippen LogP contribution in [-0.2, 0) is 0 Å². The molecule has 1 aromatic heterocycles. The second-order valence-electron chi connectivity index (χ2n) is 5.32. The molecule has 3 rings (SSSR count). The van der Waals surface area contributed by atoms with E-state index in [1.54, 1.807) is 12.4 Å². The van der Waals surface area contributed by atoms with Gasteiger partial charge in [0, 0.05) is 35.4 Å². The predicted octanol–water partition coefficient (Wildman–Crippen LogP) is 2.68. The monoisotopic (exact) mass is 271 g/mol. The average Bonchev–Trinajstić information content (AvgIpc) is 2.51. The smallest absolute Gasteiger partial charge is 0.127 e. The maximum absolute atomic E-state index is 5.97. The van der Waals surface area contributed by atoms with Crippen molar-refractivity contribution >= 4 is 16.5 Å². The molecule has 1 aromatic carbocycles. The van der Waals surface area contributed by atoms with E-state index < -0.39 is 0 Å². The Balaban J connectivity index is 1.67. The highest BCUT2D eigenvalue weighted by Crippen LogP contribution is 2.29. The molecule has 0 bridgehead atoms. The van der Waals surface area contributed by atoms with E-state index >= 15 is 0 Å². The number of benzene rings is 1. The lowest BCUT2D eigenvalue weighted by molar-refractivity contribution is 0.184. The van der Waals surface area contributed by atoms with Gasteiger partial charge >= 0.3 is 0 Å². The summed E-state index contributed by atoms with van der Waals surface area (Å²) in [6.45, 7) is 4.13. The molecule has 0 atom stereocenters. The number of fused-ring (bicyclic) bond motifs is 1. The Kier molecular flexibility index (Phi) is 4.02. The minimum atomic E-state index is 0.724. The summed E-state index contributed by atoms with van der Waals surface area (Å²) in [6, 6.07) is 5.80. The first-order chi connectivity index (χ1) is 9.84. The van der Waals surface area contributed by atoms with Crippen LogP contribution in [0, 0.1) is 0 Å². The van der Waals surface area contributed by atoms with Gasteiger partial charge in [-0.2, -0.15) is 0 Å². The van der Waals surface area contributed by atoms with Gasteiger partial charge in [0.25, 0.3) is 0 Å². The van der Waals surface area contributed by atoms with Crippen LogP contribution in [-0.4, -0.2) is 36.1 Å². The third-order valence-electron chi connectivity index (χ3n) is 3.93. The molecule has 1 aliphatic rings. The number of likely N-dealkylation sites (tertiary alicyclic amines) is 1. The lowest BCUT2D eigenvalue weighted by Gasteiger charge is -2.26. The van der Waals surface area contributed by atoms with Crippen LogP contribution in [0.3, 0.4) is 0 Å². The fourth-order valence-corrected chi connectivity index (χ4v) is 2.78. The van der Waals surface area contributed by atoms with E-state index in [1.807, 2.05) is 18.2 Å². The van der Waals surface area contributed by atoms with Crippen molar-refractivity contribution in [2.24, 2.45) is 0 Å². The molecule has 2 aromatic rings. The van der Waals surface area contributed by atoms with E-state index in [0.717, 1.165) is 35.4 Å². The number of piperidine rings is 1. The zero-order valence-electron chi connectivity index (χ0n) is 11.7. The molecule has 106 valence electrons. The summed E-state index contributed by atoms with van der Waals surface area (Å²) in [5.41, 5.74) is 6.71. The first-order valence-electron chi connectivity index (χ1n) is 7.32. The molecule has 1 fully saturated rings. The molecule has 0 amide bonds. The van der Waals surface area contributed by atoms with Gasteiger partial charge < -0.3 is 10.5 Å². The fraction of sp³-hybridized carbons (Fsp3) is 0.438. The number of pyridine rings is 1. The van der Waals surface area contributed by atoms with Crippen molar-refractivity contribution in [1.29, 1.82) is 0 Å². The summed E-state index contributed by atoms with van der Waals surface area (Å²) < 4.78 is 5.95. The van der Waals surface area contributed by atoms with E-state index in [1.165, 1.54) is 32.4 Å². The Morgan fingerprint density at radius 3 is 2.80 bits per heavy atom. The van der Waals surface area contributed by atoms with Crippen molar-refractivity contribution in [2.75, 3.05) is 32.0 Å². The largest absolute Gasteiger partial charge is 0.492 e. The third-order valence-corrected chi connectivity index (χ3v) is 3.93. The van der Waals surface area contributed by atoms with Crippen molar-refractivity contribution < 1.29 is 4.74 Å². The van der Waals surface area contributed by atoms with Crippen molar-refractivity contribution in [3.05, 3.63) is 30.6 Å². The molecular weight excluding hydrogens is 250 g/mol. The molecule has 0 spiro atoms. The Bertz CT molecular complexity index is 579. The highest BCUT2D eigenvalue weighted by Gasteiger charge is 2.10. The number of nitrogens with zero attached hydrogens (tertiary/aromatic N) is 2. The van der Waals surface area contributed by atoms with Gasteiger partial charge in [0.15, 0.2) is 0 Å². The maximum atomic E-state index is 5.97. The topological polar surface area (TPSA) is 51.4 Å². The second-order valence-corrected chi connectivity index (χ2v) is 5.32. The number of nitrogen functional groups attached to an aromatic ring is 1. The summed E-state index contributed by atoms with van der Waals surface area (Å²) in [5, 5.41) is 2.00. The van der Waals surface area contributed by atoms with Crippen LogP contribution in [0.5, 0.6) is 5.75 Å². The standard InChI is InChI=1S/C16H21N3O/c17-15-4-5-16(13-6-7-18-12-14(13)15)20-11-10-19-8-2-1-3-9-19/h4-7,12H,1-3,8-11,17H2. The van der Waals surface area contributed by atoms with Crippen LogP contribution in [0.4, 0.5) is 5.69 Å². The van der Waals surface area contributed by atoms with Crippen molar-refractivity contribution in [1.82, 2.24) is 9.88 Å². The first-order valence-corrected chi connectivity index (χ1v) is 7.32. The molecule has 2 heterocycles. The molecule has 2 N–H and O–H groups in total. The van der Waals surface area contributed by atoms with Gasteiger partial charge in [-0.3, -0.25) is 9.88 Å². The van der Waals surface area contributed by atoms with Crippen molar-refractivity contribution in [2.45, 2.75) is 19.3 Å². The third kappa shape index (κ3) is 2.85. The first kappa shape index (κ1) is 13.2. The Morgan fingerprint density at radius 2 is 1.95 bits per heavy atom. The second kappa shape index (κ2) is 6.09. The van der Waals surface area contributed by atoms with Crippen LogP contribution < -0.4 is 10.5 Å². The minimum absolute atomic E-state index is 0.724. The number of ether oxygens (including phenoxy) is 1. The van der Waals surface area contributed by atoms with Crippen LogP contribution in [0.2, 0.25) is 0 Å². The van der Waals surface area contributed by atoms with E-state index in [9.17, 15) is 0 Å². The number of hydrogen-bond acceptors (Lipinski definition) is 4. The molecule has 0 unspecified atom stereocenters. The van der Waals surface area contributed by atoms with Crippen LogP contribution in [0.25, 0.3) is 10.8 Å². The van der Waals surface area contributed by atoms with E-state index in [0.29, 0.717) is 0 Å². The summed E-state index contributed by atoms with van der Waals surface area (Å²) in [7, 11) is 0. The summed E-state index contributed by atoms with van der Waals surface area (Å²) in [6.07, 6.45) is 7.57. The molecule has 20 heavy (non-hydrogen) atoms. The molecule has 0 aliphatic carbocycles. The Morgan fingerprint density at radius 1 is 1.10 bits per heavy atom. The summed E-state index contributed by atoms with van der Waals surface area (Å²) >= 11 is 0. The molecule has 4 nitrogen and oxygen atoms in total. The number of rotatable bonds is 4. The number of nitrogens with two attached hydrogens (primary N) is 1. The quantitative estimate of drug-likeness (QED) is 0.869. The maximum Gasteiger partial charge on any atom is 0.127 e. The molecule has 1 aliphatic heterocycles. The van der Waals surface area contributed by atoms with E-state index in [-0.39, 0.29) is 0 Å². The van der Waals surface area contributed by atoms with Gasteiger partial charge in [-0.1, -0.05) is 6.42 Å². The van der Waals surface area contributed by atoms with E-state index in [4.69, 9.17) is 10.5 Å². The molecule has 0 saturated carbocycles. The predicted molar refractivity (Wildman–Crippen MR) is 81.9 cm³/mol. The zero-order valence-corrected chi connectivity index (χ0v) is 11.7. The lowest BCUT2D eigenvalue weighted by atomic mass is 10.1. The van der Waals surface area contributed by atoms with Gasteiger partial charge in [0.05, 0.1) is 0 Å². The van der Waals surface area contributed by atoms with Crippen LogP contribution in [0.1, 0.15) is 19.3 Å².